The van der Waals surface area contributed by atoms with Crippen LogP contribution in [0.2, 0.25) is 0 Å². The molecule has 0 atom stereocenters. The van der Waals surface area contributed by atoms with Crippen molar-refractivity contribution >= 4 is 5.97 Å². The second-order valence-corrected chi connectivity index (χ2v) is 6.17. The fourth-order valence-corrected chi connectivity index (χ4v) is 1.87. The summed E-state index contributed by atoms with van der Waals surface area (Å²) in [6.07, 6.45) is 7.22. The Morgan fingerprint density at radius 3 is 1.28 bits per heavy atom. The molecule has 0 heterocycles. The van der Waals surface area contributed by atoms with Gasteiger partial charge in [-0.3, -0.25) is 4.79 Å². The largest absolute Gasteiger partial charge is 0.481 e. The smallest absolute Gasteiger partial charge is 0.308 e. The molecular formula is C15H33NO2. The molecule has 0 aliphatic heterocycles. The average molecular weight is 259 g/mol. The number of hydrogen-bond donors (Lipinski definition) is 2. The van der Waals surface area contributed by atoms with E-state index in [1.54, 1.807) is 20.8 Å². The highest BCUT2D eigenvalue weighted by Gasteiger charge is 2.20. The summed E-state index contributed by atoms with van der Waals surface area (Å²) in [6, 6.07) is 0. The summed E-state index contributed by atoms with van der Waals surface area (Å²) >= 11 is 0. The van der Waals surface area contributed by atoms with E-state index in [0.717, 1.165) is 0 Å². The summed E-state index contributed by atoms with van der Waals surface area (Å²) in [4.78, 5) is 10.0. The summed E-state index contributed by atoms with van der Waals surface area (Å²) in [7, 11) is 0. The first-order valence-electron chi connectivity index (χ1n) is 7.15. The van der Waals surface area contributed by atoms with Crippen LogP contribution in [-0.4, -0.2) is 16.6 Å². The molecule has 0 radical (unpaired) electrons. The van der Waals surface area contributed by atoms with Crippen LogP contribution < -0.4 is 5.73 Å². The third-order valence-corrected chi connectivity index (χ3v) is 2.89. The van der Waals surface area contributed by atoms with E-state index < -0.39 is 11.4 Å². The van der Waals surface area contributed by atoms with Crippen LogP contribution in [0.1, 0.15) is 80.1 Å². The van der Waals surface area contributed by atoms with Crippen molar-refractivity contribution < 1.29 is 9.90 Å². The van der Waals surface area contributed by atoms with Gasteiger partial charge in [-0.05, 0) is 40.0 Å². The fourth-order valence-electron chi connectivity index (χ4n) is 1.87. The Balaban J connectivity index is 0. The second kappa shape index (κ2) is 9.37. The summed E-state index contributed by atoms with van der Waals surface area (Å²) in [5.74, 6) is -0.757. The third kappa shape index (κ3) is 10.6. The van der Waals surface area contributed by atoms with Crippen molar-refractivity contribution in [3.8, 4) is 0 Å². The van der Waals surface area contributed by atoms with Crippen LogP contribution in [0, 0.1) is 5.41 Å². The molecule has 3 N–H and O–H groups in total. The molecule has 0 saturated carbocycles. The number of nitrogens with two attached hydrogens (primary N) is 1. The van der Waals surface area contributed by atoms with Gasteiger partial charge in [0.15, 0.2) is 0 Å². The Kier molecular flexibility index (Phi) is 10.3. The Morgan fingerprint density at radius 1 is 0.944 bits per heavy atom. The zero-order valence-corrected chi connectivity index (χ0v) is 13.2. The van der Waals surface area contributed by atoms with Crippen LogP contribution in [0.4, 0.5) is 0 Å². The normalized spacial score (nSPS) is 11.7. The molecule has 0 fully saturated rings. The molecule has 0 aliphatic rings. The number of carboxylic acid groups (broad SMARTS) is 1. The van der Waals surface area contributed by atoms with Crippen molar-refractivity contribution in [2.75, 3.05) is 0 Å². The highest BCUT2D eigenvalue weighted by molar-refractivity contribution is 5.72. The summed E-state index contributed by atoms with van der Waals surface area (Å²) in [6.45, 7) is 11.6. The zero-order valence-electron chi connectivity index (χ0n) is 13.2. The lowest BCUT2D eigenvalue weighted by molar-refractivity contribution is -0.145. The maximum absolute atomic E-state index is 10.0. The van der Waals surface area contributed by atoms with Gasteiger partial charge >= 0.3 is 5.97 Å². The van der Waals surface area contributed by atoms with Gasteiger partial charge < -0.3 is 10.8 Å². The molecule has 3 heteroatoms. The topological polar surface area (TPSA) is 63.3 Å². The molecule has 3 nitrogen and oxygen atoms in total. The molecular weight excluding hydrogens is 226 g/mol. The van der Waals surface area contributed by atoms with E-state index in [0.29, 0.717) is 0 Å². The molecule has 0 aliphatic carbocycles. The molecule has 0 bridgehead atoms. The summed E-state index contributed by atoms with van der Waals surface area (Å²) in [5, 5.41) is 8.25. The standard InChI is InChI=1S/C10H23N.C5H10O2/c1-4-7-10(11,8-5-2)9-6-3;1-5(2,3)4(6)7/h4-9,11H2,1-3H3;1-3H3,(H,6,7). The summed E-state index contributed by atoms with van der Waals surface area (Å²) < 4.78 is 0. The van der Waals surface area contributed by atoms with E-state index in [1.165, 1.54) is 38.5 Å². The van der Waals surface area contributed by atoms with E-state index in [2.05, 4.69) is 20.8 Å². The molecule has 0 aromatic rings. The van der Waals surface area contributed by atoms with E-state index >= 15 is 0 Å². The molecule has 18 heavy (non-hydrogen) atoms. The molecule has 0 aromatic carbocycles. The lowest BCUT2D eigenvalue weighted by Crippen LogP contribution is -2.39. The van der Waals surface area contributed by atoms with Gasteiger partial charge in [-0.2, -0.15) is 0 Å². The molecule has 0 unspecified atom stereocenters. The van der Waals surface area contributed by atoms with Gasteiger partial charge in [0.2, 0.25) is 0 Å². The first-order chi connectivity index (χ1) is 8.13. The Labute approximate surface area is 113 Å². The molecule has 110 valence electrons. The molecule has 0 rings (SSSR count). The Bertz CT molecular complexity index is 202. The number of carbonyl (C=O) groups is 1. The maximum Gasteiger partial charge on any atom is 0.308 e. The predicted octanol–water partition coefficient (Wildman–Crippen LogP) is 4.20. The van der Waals surface area contributed by atoms with Crippen molar-refractivity contribution in [2.24, 2.45) is 11.1 Å². The molecule has 0 aromatic heterocycles. The quantitative estimate of drug-likeness (QED) is 0.751. The van der Waals surface area contributed by atoms with Crippen molar-refractivity contribution in [3.05, 3.63) is 0 Å². The van der Waals surface area contributed by atoms with Crippen molar-refractivity contribution in [3.63, 3.8) is 0 Å². The zero-order chi connectivity index (χ0) is 14.8. The van der Waals surface area contributed by atoms with Crippen LogP contribution in [0.25, 0.3) is 0 Å². The maximum atomic E-state index is 10.0. The summed E-state index contributed by atoms with van der Waals surface area (Å²) in [5.41, 5.74) is 5.80. The predicted molar refractivity (Wildman–Crippen MR) is 78.7 cm³/mol. The monoisotopic (exact) mass is 259 g/mol. The highest BCUT2D eigenvalue weighted by Crippen LogP contribution is 2.21. The van der Waals surface area contributed by atoms with Crippen molar-refractivity contribution in [1.82, 2.24) is 0 Å². The minimum Gasteiger partial charge on any atom is -0.481 e. The lowest BCUT2D eigenvalue weighted by Gasteiger charge is -2.28. The van der Waals surface area contributed by atoms with E-state index in [4.69, 9.17) is 10.8 Å². The fraction of sp³-hybridized carbons (Fsp3) is 0.933. The molecule has 0 saturated heterocycles. The molecule has 0 spiro atoms. The Hall–Kier alpha value is -0.570. The molecule has 0 amide bonds. The van der Waals surface area contributed by atoms with Crippen molar-refractivity contribution in [2.45, 2.75) is 85.6 Å². The van der Waals surface area contributed by atoms with Gasteiger partial charge in [-0.25, -0.2) is 0 Å². The van der Waals surface area contributed by atoms with Gasteiger partial charge in [0.1, 0.15) is 0 Å². The van der Waals surface area contributed by atoms with E-state index in [1.807, 2.05) is 0 Å². The Morgan fingerprint density at radius 2 is 1.17 bits per heavy atom. The minimum atomic E-state index is -0.757. The van der Waals surface area contributed by atoms with E-state index in [9.17, 15) is 4.79 Å². The van der Waals surface area contributed by atoms with Gasteiger partial charge in [-0.1, -0.05) is 40.0 Å². The highest BCUT2D eigenvalue weighted by atomic mass is 16.4. The number of hydrogen-bond acceptors (Lipinski definition) is 2. The van der Waals surface area contributed by atoms with Gasteiger partial charge in [0.05, 0.1) is 5.41 Å². The third-order valence-electron chi connectivity index (χ3n) is 2.89. The van der Waals surface area contributed by atoms with E-state index in [-0.39, 0.29) is 5.54 Å². The number of carboxylic acids is 1. The van der Waals surface area contributed by atoms with Crippen LogP contribution >= 0.6 is 0 Å². The van der Waals surface area contributed by atoms with Crippen LogP contribution in [0.3, 0.4) is 0 Å². The second-order valence-electron chi connectivity index (χ2n) is 6.17. The van der Waals surface area contributed by atoms with Crippen molar-refractivity contribution in [1.29, 1.82) is 0 Å². The van der Waals surface area contributed by atoms with Gasteiger partial charge in [0, 0.05) is 5.54 Å². The first kappa shape index (κ1) is 19.8. The number of rotatable bonds is 6. The first-order valence-corrected chi connectivity index (χ1v) is 7.15. The SMILES string of the molecule is CC(C)(C)C(=O)O.CCCC(N)(CCC)CCC. The van der Waals surface area contributed by atoms with Crippen LogP contribution in [-0.2, 0) is 4.79 Å². The average Bonchev–Trinajstić information content (AvgIpc) is 2.17. The minimum absolute atomic E-state index is 0.151. The van der Waals surface area contributed by atoms with Gasteiger partial charge in [0.25, 0.3) is 0 Å². The van der Waals surface area contributed by atoms with Crippen LogP contribution in [0.5, 0.6) is 0 Å². The van der Waals surface area contributed by atoms with Gasteiger partial charge in [-0.15, -0.1) is 0 Å². The van der Waals surface area contributed by atoms with Crippen LogP contribution in [0.15, 0.2) is 0 Å². The number of aliphatic carboxylic acids is 1. The lowest BCUT2D eigenvalue weighted by atomic mass is 9.86.